The van der Waals surface area contributed by atoms with Gasteiger partial charge in [0.1, 0.15) is 0 Å². The summed E-state index contributed by atoms with van der Waals surface area (Å²) < 4.78 is 0. The summed E-state index contributed by atoms with van der Waals surface area (Å²) in [6.07, 6.45) is 8.39. The Morgan fingerprint density at radius 1 is 1.17 bits per heavy atom. The molecule has 126 valence electrons. The number of rotatable bonds is 5. The van der Waals surface area contributed by atoms with Crippen LogP contribution in [0.25, 0.3) is 0 Å². The fourth-order valence-electron chi connectivity index (χ4n) is 4.91. The predicted molar refractivity (Wildman–Crippen MR) is 96.6 cm³/mol. The first-order valence-electron chi connectivity index (χ1n) is 9.53. The fraction of sp³-hybridized carbons (Fsp3) is 0.667. The van der Waals surface area contributed by atoms with Crippen molar-refractivity contribution in [1.82, 2.24) is 0 Å². The number of anilines is 1. The molecule has 2 saturated carbocycles. The number of nitrogens with zero attached hydrogens (tertiary/aromatic N) is 1. The van der Waals surface area contributed by atoms with Crippen molar-refractivity contribution in [1.29, 1.82) is 0 Å². The van der Waals surface area contributed by atoms with E-state index < -0.39 is 0 Å². The summed E-state index contributed by atoms with van der Waals surface area (Å²) in [4.78, 5) is 15.5. The second kappa shape index (κ2) is 7.07. The fourth-order valence-corrected chi connectivity index (χ4v) is 4.91. The zero-order valence-electron chi connectivity index (χ0n) is 14.9. The molecule has 2 unspecified atom stereocenters. The van der Waals surface area contributed by atoms with Crippen LogP contribution in [0.2, 0.25) is 0 Å². The van der Waals surface area contributed by atoms with Gasteiger partial charge in [0.2, 0.25) is 5.91 Å². The topological polar surface area (TPSA) is 20.3 Å². The van der Waals surface area contributed by atoms with Crippen molar-refractivity contribution in [2.45, 2.75) is 71.8 Å². The molecule has 2 atom stereocenters. The minimum atomic E-state index is 0.256. The van der Waals surface area contributed by atoms with Gasteiger partial charge in [-0.25, -0.2) is 0 Å². The van der Waals surface area contributed by atoms with Gasteiger partial charge < -0.3 is 4.90 Å². The Morgan fingerprint density at radius 2 is 1.83 bits per heavy atom. The quantitative estimate of drug-likeness (QED) is 0.718. The zero-order chi connectivity index (χ0) is 16.4. The molecular formula is C21H31NO. The molecule has 0 spiro atoms. The lowest BCUT2D eigenvalue weighted by Crippen LogP contribution is -2.43. The normalized spacial score (nSPS) is 26.5. The summed E-state index contributed by atoms with van der Waals surface area (Å²) in [6, 6.07) is 8.80. The van der Waals surface area contributed by atoms with Crippen molar-refractivity contribution in [2.75, 3.05) is 4.90 Å². The molecule has 1 aromatic carbocycles. The summed E-state index contributed by atoms with van der Waals surface area (Å²) in [5.74, 6) is 2.29. The van der Waals surface area contributed by atoms with E-state index in [1.807, 2.05) is 0 Å². The van der Waals surface area contributed by atoms with Crippen LogP contribution in [0.1, 0.15) is 64.4 Å². The second-order valence-electron chi connectivity index (χ2n) is 7.64. The maximum atomic E-state index is 13.4. The number of carbonyl (C=O) groups excluding carboxylic acids is 1. The van der Waals surface area contributed by atoms with Crippen LogP contribution in [0.5, 0.6) is 0 Å². The van der Waals surface area contributed by atoms with Gasteiger partial charge in [-0.15, -0.1) is 0 Å². The average Bonchev–Trinajstić information content (AvgIpc) is 3.13. The van der Waals surface area contributed by atoms with Crippen molar-refractivity contribution in [3.05, 3.63) is 29.8 Å². The van der Waals surface area contributed by atoms with Gasteiger partial charge in [0.15, 0.2) is 0 Å². The predicted octanol–water partition coefficient (Wildman–Crippen LogP) is 5.34. The van der Waals surface area contributed by atoms with Crippen LogP contribution in [-0.4, -0.2) is 11.9 Å². The number of fused-ring (bicyclic) bond motifs is 1. The Hall–Kier alpha value is -1.31. The van der Waals surface area contributed by atoms with Gasteiger partial charge in [0.05, 0.1) is 0 Å². The van der Waals surface area contributed by atoms with E-state index in [0.717, 1.165) is 43.2 Å². The summed E-state index contributed by atoms with van der Waals surface area (Å²) in [5.41, 5.74) is 2.33. The average molecular weight is 313 g/mol. The lowest BCUT2D eigenvalue weighted by molar-refractivity contribution is -0.123. The Kier molecular flexibility index (Phi) is 5.08. The van der Waals surface area contributed by atoms with E-state index in [1.54, 1.807) is 0 Å². The monoisotopic (exact) mass is 313 g/mol. The Labute approximate surface area is 141 Å². The molecule has 1 amide bonds. The highest BCUT2D eigenvalue weighted by Gasteiger charge is 2.42. The smallest absolute Gasteiger partial charge is 0.230 e. The Balaban J connectivity index is 1.84. The highest BCUT2D eigenvalue weighted by molar-refractivity contribution is 5.96. The molecule has 3 rings (SSSR count). The Morgan fingerprint density at radius 3 is 2.39 bits per heavy atom. The first kappa shape index (κ1) is 16.5. The van der Waals surface area contributed by atoms with Crippen molar-refractivity contribution >= 4 is 11.6 Å². The molecule has 2 fully saturated rings. The van der Waals surface area contributed by atoms with Crippen molar-refractivity contribution < 1.29 is 4.79 Å². The number of carbonyl (C=O) groups is 1. The van der Waals surface area contributed by atoms with Crippen molar-refractivity contribution in [3.63, 3.8) is 0 Å². The summed E-state index contributed by atoms with van der Waals surface area (Å²) in [6.45, 7) is 6.51. The zero-order valence-corrected chi connectivity index (χ0v) is 14.9. The number of aryl methyl sites for hydroxylation is 1. The van der Waals surface area contributed by atoms with Gasteiger partial charge in [-0.2, -0.15) is 0 Å². The molecule has 2 nitrogen and oxygen atoms in total. The van der Waals surface area contributed by atoms with Crippen molar-refractivity contribution in [2.24, 2.45) is 17.8 Å². The molecule has 0 aromatic heterocycles. The van der Waals surface area contributed by atoms with Crippen LogP contribution in [-0.2, 0) is 4.79 Å². The molecule has 0 radical (unpaired) electrons. The van der Waals surface area contributed by atoms with Crippen molar-refractivity contribution in [3.8, 4) is 0 Å². The van der Waals surface area contributed by atoms with Crippen LogP contribution in [0.4, 0.5) is 5.69 Å². The minimum absolute atomic E-state index is 0.256. The van der Waals surface area contributed by atoms with E-state index in [1.165, 1.54) is 24.8 Å². The van der Waals surface area contributed by atoms with E-state index in [9.17, 15) is 4.79 Å². The molecule has 0 saturated heterocycles. The molecule has 23 heavy (non-hydrogen) atoms. The van der Waals surface area contributed by atoms with Gasteiger partial charge in [-0.1, -0.05) is 45.2 Å². The maximum Gasteiger partial charge on any atom is 0.230 e. The van der Waals surface area contributed by atoms with E-state index in [0.29, 0.717) is 11.9 Å². The molecular weight excluding hydrogens is 282 g/mol. The Bertz CT molecular complexity index is 537. The van der Waals surface area contributed by atoms with Crippen LogP contribution >= 0.6 is 0 Å². The van der Waals surface area contributed by atoms with E-state index in [4.69, 9.17) is 0 Å². The lowest BCUT2D eigenvalue weighted by Gasteiger charge is -2.33. The van der Waals surface area contributed by atoms with Crippen LogP contribution in [0.3, 0.4) is 0 Å². The largest absolute Gasteiger partial charge is 0.309 e. The minimum Gasteiger partial charge on any atom is -0.309 e. The first-order chi connectivity index (χ1) is 11.1. The van der Waals surface area contributed by atoms with E-state index in [-0.39, 0.29) is 5.92 Å². The number of benzene rings is 1. The number of amides is 1. The summed E-state index contributed by atoms with van der Waals surface area (Å²) in [7, 11) is 0. The second-order valence-corrected chi connectivity index (χ2v) is 7.64. The third-order valence-electron chi connectivity index (χ3n) is 6.17. The number of hydrogen-bond acceptors (Lipinski definition) is 1. The van der Waals surface area contributed by atoms with Gasteiger partial charge in [-0.05, 0) is 62.1 Å². The molecule has 1 aromatic rings. The highest BCUT2D eigenvalue weighted by atomic mass is 16.2. The molecule has 2 heteroatoms. The SMILES string of the molecule is CCC(CC)N(C(=O)C1CC2CCCC2C1)c1cccc(C)c1. The molecule has 0 bridgehead atoms. The van der Waals surface area contributed by atoms with Gasteiger partial charge in [0, 0.05) is 17.6 Å². The van der Waals surface area contributed by atoms with Crippen LogP contribution in [0.15, 0.2) is 24.3 Å². The molecule has 2 aliphatic rings. The molecule has 2 aliphatic carbocycles. The van der Waals surface area contributed by atoms with Gasteiger partial charge in [-0.3, -0.25) is 4.79 Å². The third kappa shape index (κ3) is 3.32. The van der Waals surface area contributed by atoms with Crippen LogP contribution in [0, 0.1) is 24.7 Å². The maximum absolute atomic E-state index is 13.4. The lowest BCUT2D eigenvalue weighted by atomic mass is 9.98. The molecule has 0 aliphatic heterocycles. The van der Waals surface area contributed by atoms with Gasteiger partial charge in [0.25, 0.3) is 0 Å². The molecule has 0 heterocycles. The standard InChI is InChI=1S/C21H31NO/c1-4-19(5-2)22(20-11-6-8-15(3)12-20)21(23)18-13-16-9-7-10-17(16)14-18/h6,8,11-12,16-19H,4-5,7,9-10,13-14H2,1-3H3. The summed E-state index contributed by atoms with van der Waals surface area (Å²) in [5, 5.41) is 0. The highest BCUT2D eigenvalue weighted by Crippen LogP contribution is 2.47. The van der Waals surface area contributed by atoms with E-state index >= 15 is 0 Å². The molecule has 0 N–H and O–H groups in total. The number of hydrogen-bond donors (Lipinski definition) is 0. The summed E-state index contributed by atoms with van der Waals surface area (Å²) >= 11 is 0. The van der Waals surface area contributed by atoms with Crippen LogP contribution < -0.4 is 4.90 Å². The third-order valence-corrected chi connectivity index (χ3v) is 6.17. The van der Waals surface area contributed by atoms with E-state index in [2.05, 4.69) is 49.9 Å². The first-order valence-corrected chi connectivity index (χ1v) is 9.53. The van der Waals surface area contributed by atoms with Gasteiger partial charge >= 0.3 is 0 Å².